The second kappa shape index (κ2) is 6.60. The summed E-state index contributed by atoms with van der Waals surface area (Å²) in [6.45, 7) is 0.683. The molecule has 1 fully saturated rings. The predicted molar refractivity (Wildman–Crippen MR) is 83.8 cm³/mol. The van der Waals surface area contributed by atoms with Gasteiger partial charge in [0.2, 0.25) is 5.95 Å². The second-order valence-corrected chi connectivity index (χ2v) is 6.48. The first-order valence-electron chi connectivity index (χ1n) is 7.43. The minimum Gasteiger partial charge on any atom is -0.508 e. The third-order valence-electron chi connectivity index (χ3n) is 4.06. The van der Waals surface area contributed by atoms with Crippen LogP contribution in [0.25, 0.3) is 0 Å². The summed E-state index contributed by atoms with van der Waals surface area (Å²) in [5, 5.41) is 11.5. The maximum absolute atomic E-state index is 14.2. The van der Waals surface area contributed by atoms with Crippen molar-refractivity contribution in [1.29, 1.82) is 0 Å². The van der Waals surface area contributed by atoms with Crippen molar-refractivity contribution in [3.8, 4) is 5.75 Å². The van der Waals surface area contributed by atoms with Crippen LogP contribution in [0.1, 0.15) is 24.3 Å². The first-order chi connectivity index (χ1) is 10.6. The molecule has 1 aromatic carbocycles. The maximum Gasteiger partial charge on any atom is 0.223 e. The van der Waals surface area contributed by atoms with Gasteiger partial charge in [-0.05, 0) is 49.9 Å². The van der Waals surface area contributed by atoms with Gasteiger partial charge in [-0.25, -0.2) is 9.37 Å². The maximum atomic E-state index is 14.2. The third-order valence-corrected chi connectivity index (χ3v) is 4.94. The first-order valence-corrected chi connectivity index (χ1v) is 8.31. The Hall–Kier alpha value is -1.69. The molecule has 2 heterocycles. The number of hydrogen-bond acceptors (Lipinski definition) is 4. The van der Waals surface area contributed by atoms with Crippen LogP contribution in [0, 0.1) is 5.95 Å². The largest absolute Gasteiger partial charge is 0.508 e. The van der Waals surface area contributed by atoms with Crippen molar-refractivity contribution in [2.75, 3.05) is 11.4 Å². The average Bonchev–Trinajstić information content (AvgIpc) is 3.07. The Morgan fingerprint density at radius 2 is 2.09 bits per heavy atom. The van der Waals surface area contributed by atoms with E-state index in [4.69, 9.17) is 0 Å². The molecule has 0 saturated carbocycles. The van der Waals surface area contributed by atoms with Crippen molar-refractivity contribution in [3.05, 3.63) is 40.6 Å². The number of thiazole rings is 1. The summed E-state index contributed by atoms with van der Waals surface area (Å²) in [7, 11) is 0. The zero-order chi connectivity index (χ0) is 15.5. The smallest absolute Gasteiger partial charge is 0.223 e. The number of phenols is 1. The summed E-state index contributed by atoms with van der Waals surface area (Å²) in [5.74, 6) is -0.225. The summed E-state index contributed by atoms with van der Waals surface area (Å²) < 4.78 is 27.0. The number of aromatic hydroxyl groups is 1. The number of phenolic OH excluding ortho intramolecular Hbond substituents is 1. The van der Waals surface area contributed by atoms with E-state index >= 15 is 0 Å². The summed E-state index contributed by atoms with van der Waals surface area (Å²) >= 11 is 1.31. The van der Waals surface area contributed by atoms with Gasteiger partial charge in [-0.1, -0.05) is 0 Å². The molecular formula is C16H18F2N2OS. The van der Waals surface area contributed by atoms with E-state index in [9.17, 15) is 13.9 Å². The highest BCUT2D eigenvalue weighted by molar-refractivity contribution is 7.09. The lowest BCUT2D eigenvalue weighted by atomic mass is 10.1. The fourth-order valence-corrected chi connectivity index (χ4v) is 3.67. The molecule has 0 spiro atoms. The molecular weight excluding hydrogens is 306 g/mol. The molecule has 3 rings (SSSR count). The lowest BCUT2D eigenvalue weighted by molar-refractivity contribution is 0.298. The van der Waals surface area contributed by atoms with Crippen LogP contribution in [0.3, 0.4) is 0 Å². The number of benzene rings is 1. The van der Waals surface area contributed by atoms with Crippen molar-refractivity contribution in [2.45, 2.75) is 37.9 Å². The lowest BCUT2D eigenvalue weighted by Gasteiger charge is -2.27. The zero-order valence-electron chi connectivity index (χ0n) is 12.1. The lowest BCUT2D eigenvalue weighted by Crippen LogP contribution is -2.33. The number of alkyl halides is 1. The SMILES string of the molecule is Oc1ccc(N2CCC(F)C2CCCc2nc(F)cs2)cc1. The molecule has 2 unspecified atom stereocenters. The van der Waals surface area contributed by atoms with Gasteiger partial charge < -0.3 is 10.0 Å². The van der Waals surface area contributed by atoms with E-state index in [1.165, 1.54) is 16.7 Å². The van der Waals surface area contributed by atoms with Crippen molar-refractivity contribution in [1.82, 2.24) is 4.98 Å². The highest BCUT2D eigenvalue weighted by atomic mass is 32.1. The third kappa shape index (κ3) is 3.38. The first kappa shape index (κ1) is 15.2. The molecule has 1 aromatic heterocycles. The molecule has 2 atom stereocenters. The number of rotatable bonds is 5. The Bertz CT molecular complexity index is 617. The van der Waals surface area contributed by atoms with Gasteiger partial charge in [-0.2, -0.15) is 4.39 Å². The topological polar surface area (TPSA) is 36.4 Å². The van der Waals surface area contributed by atoms with Gasteiger partial charge >= 0.3 is 0 Å². The van der Waals surface area contributed by atoms with E-state index in [2.05, 4.69) is 9.88 Å². The number of hydrogen-bond donors (Lipinski definition) is 1. The van der Waals surface area contributed by atoms with Crippen LogP contribution in [0.5, 0.6) is 5.75 Å². The Morgan fingerprint density at radius 1 is 1.32 bits per heavy atom. The quantitative estimate of drug-likeness (QED) is 0.905. The van der Waals surface area contributed by atoms with Gasteiger partial charge in [-0.15, -0.1) is 11.3 Å². The molecule has 22 heavy (non-hydrogen) atoms. The van der Waals surface area contributed by atoms with E-state index < -0.39 is 12.1 Å². The van der Waals surface area contributed by atoms with Crippen molar-refractivity contribution in [2.24, 2.45) is 0 Å². The van der Waals surface area contributed by atoms with E-state index in [0.717, 1.165) is 17.1 Å². The van der Waals surface area contributed by atoms with Crippen LogP contribution in [0.4, 0.5) is 14.5 Å². The molecule has 0 bridgehead atoms. The highest BCUT2D eigenvalue weighted by Crippen LogP contribution is 2.31. The van der Waals surface area contributed by atoms with Crippen LogP contribution in [0.15, 0.2) is 29.6 Å². The Labute approximate surface area is 132 Å². The number of nitrogens with zero attached hydrogens (tertiary/aromatic N) is 2. The summed E-state index contributed by atoms with van der Waals surface area (Å²) in [5.41, 5.74) is 0.934. The molecule has 118 valence electrons. The number of aromatic nitrogens is 1. The van der Waals surface area contributed by atoms with E-state index in [1.54, 1.807) is 12.1 Å². The Kier molecular flexibility index (Phi) is 4.57. The molecule has 6 heteroatoms. The molecule has 1 aliphatic heterocycles. The van der Waals surface area contributed by atoms with Gasteiger partial charge in [0.25, 0.3) is 0 Å². The van der Waals surface area contributed by atoms with Gasteiger partial charge in [0, 0.05) is 17.6 Å². The molecule has 1 aliphatic rings. The van der Waals surface area contributed by atoms with Crippen LogP contribution in [-0.2, 0) is 6.42 Å². The highest BCUT2D eigenvalue weighted by Gasteiger charge is 2.33. The van der Waals surface area contributed by atoms with Crippen LogP contribution < -0.4 is 4.90 Å². The molecule has 0 radical (unpaired) electrons. The van der Waals surface area contributed by atoms with Crippen molar-refractivity contribution >= 4 is 17.0 Å². The molecule has 1 N–H and O–H groups in total. The van der Waals surface area contributed by atoms with Gasteiger partial charge in [0.05, 0.1) is 11.0 Å². The summed E-state index contributed by atoms with van der Waals surface area (Å²) in [6, 6.07) is 6.72. The van der Waals surface area contributed by atoms with Crippen LogP contribution in [-0.4, -0.2) is 28.8 Å². The fraction of sp³-hybridized carbons (Fsp3) is 0.438. The minimum atomic E-state index is -0.846. The minimum absolute atomic E-state index is 0.158. The second-order valence-electron chi connectivity index (χ2n) is 5.54. The molecule has 3 nitrogen and oxygen atoms in total. The number of halogens is 2. The molecule has 0 aliphatic carbocycles. The van der Waals surface area contributed by atoms with E-state index in [1.807, 2.05) is 12.1 Å². The summed E-state index contributed by atoms with van der Waals surface area (Å²) in [6.07, 6.45) is 1.86. The van der Waals surface area contributed by atoms with Gasteiger partial charge in [0.15, 0.2) is 0 Å². The van der Waals surface area contributed by atoms with Crippen LogP contribution in [0.2, 0.25) is 0 Å². The monoisotopic (exact) mass is 324 g/mol. The normalized spacial score (nSPS) is 21.5. The zero-order valence-corrected chi connectivity index (χ0v) is 12.9. The fourth-order valence-electron chi connectivity index (χ4n) is 2.98. The van der Waals surface area contributed by atoms with Crippen molar-refractivity contribution < 1.29 is 13.9 Å². The van der Waals surface area contributed by atoms with Crippen LogP contribution >= 0.6 is 11.3 Å². The predicted octanol–water partition coefficient (Wildman–Crippen LogP) is 3.93. The average molecular weight is 324 g/mol. The molecule has 1 saturated heterocycles. The van der Waals surface area contributed by atoms with Crippen molar-refractivity contribution in [3.63, 3.8) is 0 Å². The van der Waals surface area contributed by atoms with Gasteiger partial charge in [0.1, 0.15) is 11.9 Å². The Morgan fingerprint density at radius 3 is 2.77 bits per heavy atom. The van der Waals surface area contributed by atoms with E-state index in [-0.39, 0.29) is 11.8 Å². The molecule has 2 aromatic rings. The Balaban J connectivity index is 1.61. The number of anilines is 1. The summed E-state index contributed by atoms with van der Waals surface area (Å²) in [4.78, 5) is 5.86. The van der Waals surface area contributed by atoms with E-state index in [0.29, 0.717) is 25.8 Å². The standard InChI is InChI=1S/C16H18F2N2OS/c17-13-8-9-20(11-4-6-12(21)7-5-11)14(13)2-1-3-16-19-15(18)10-22-16/h4-7,10,13-14,21H,1-3,8-9H2. The number of aryl methyl sites for hydroxylation is 1. The van der Waals surface area contributed by atoms with Gasteiger partial charge in [-0.3, -0.25) is 0 Å². The molecule has 0 amide bonds.